The fourth-order valence-electron chi connectivity index (χ4n) is 2.52. The predicted octanol–water partition coefficient (Wildman–Crippen LogP) is 5.54. The monoisotopic (exact) mass is 359 g/mol. The van der Waals surface area contributed by atoms with Gasteiger partial charge in [-0.2, -0.15) is 0 Å². The highest BCUT2D eigenvalue weighted by Crippen LogP contribution is 2.14. The van der Waals surface area contributed by atoms with Crippen LogP contribution in [0.15, 0.2) is 29.2 Å². The van der Waals surface area contributed by atoms with Gasteiger partial charge in [0.1, 0.15) is 0 Å². The third kappa shape index (κ3) is 9.33. The van der Waals surface area contributed by atoms with Gasteiger partial charge in [0, 0.05) is 11.6 Å². The van der Waals surface area contributed by atoms with Crippen molar-refractivity contribution in [2.45, 2.75) is 76.0 Å². The summed E-state index contributed by atoms with van der Waals surface area (Å²) < 4.78 is 26.7. The molecule has 5 heteroatoms. The Morgan fingerprint density at radius 1 is 0.826 bits per heavy atom. The second-order valence-electron chi connectivity index (χ2n) is 6.03. The van der Waals surface area contributed by atoms with Crippen molar-refractivity contribution in [3.8, 4) is 0 Å². The smallest absolute Gasteiger partial charge is 0.211 e. The predicted molar refractivity (Wildman–Crippen MR) is 98.5 cm³/mol. The molecule has 0 atom stereocenters. The molecule has 0 aliphatic carbocycles. The molecule has 0 unspecified atom stereocenters. The molecule has 1 N–H and O–H groups in total. The zero-order chi connectivity index (χ0) is 17.0. The van der Waals surface area contributed by atoms with E-state index in [9.17, 15) is 8.42 Å². The number of halogens is 1. The number of rotatable bonds is 13. The lowest BCUT2D eigenvalue weighted by atomic mass is 10.1. The van der Waals surface area contributed by atoms with Gasteiger partial charge in [0.25, 0.3) is 0 Å². The van der Waals surface area contributed by atoms with Gasteiger partial charge in [-0.3, -0.25) is 0 Å². The first-order valence-electron chi connectivity index (χ1n) is 8.81. The Hall–Kier alpha value is -0.580. The summed E-state index contributed by atoms with van der Waals surface area (Å²) in [7, 11) is -3.40. The molecule has 0 spiro atoms. The molecule has 0 saturated heterocycles. The molecule has 23 heavy (non-hydrogen) atoms. The Morgan fingerprint density at radius 3 is 1.83 bits per heavy atom. The van der Waals surface area contributed by atoms with E-state index in [1.165, 1.54) is 63.5 Å². The molecule has 1 aromatic rings. The van der Waals surface area contributed by atoms with Gasteiger partial charge >= 0.3 is 0 Å². The molecular formula is C18H30ClNO2S. The van der Waals surface area contributed by atoms with Gasteiger partial charge < -0.3 is 0 Å². The molecule has 1 rings (SSSR count). The Morgan fingerprint density at radius 2 is 1.30 bits per heavy atom. The van der Waals surface area contributed by atoms with E-state index in [0.717, 1.165) is 12.8 Å². The van der Waals surface area contributed by atoms with Crippen LogP contribution in [0.5, 0.6) is 0 Å². The van der Waals surface area contributed by atoms with E-state index < -0.39 is 10.0 Å². The zero-order valence-electron chi connectivity index (χ0n) is 14.2. The van der Waals surface area contributed by atoms with Gasteiger partial charge in [-0.15, -0.1) is 0 Å². The van der Waals surface area contributed by atoms with Crippen LogP contribution >= 0.6 is 11.6 Å². The third-order valence-electron chi connectivity index (χ3n) is 3.95. The number of nitrogens with one attached hydrogen (secondary N) is 1. The van der Waals surface area contributed by atoms with Crippen molar-refractivity contribution in [2.75, 3.05) is 6.54 Å². The van der Waals surface area contributed by atoms with Crippen LogP contribution in [0.3, 0.4) is 0 Å². The molecule has 0 heterocycles. The summed E-state index contributed by atoms with van der Waals surface area (Å²) >= 11 is 5.77. The van der Waals surface area contributed by atoms with Crippen molar-refractivity contribution < 1.29 is 8.42 Å². The van der Waals surface area contributed by atoms with Gasteiger partial charge in [-0.05, 0) is 30.7 Å². The molecule has 0 radical (unpaired) electrons. The molecule has 0 aliphatic rings. The molecular weight excluding hydrogens is 330 g/mol. The van der Waals surface area contributed by atoms with E-state index in [0.29, 0.717) is 11.6 Å². The molecule has 0 aromatic heterocycles. The topological polar surface area (TPSA) is 46.2 Å². The van der Waals surface area contributed by atoms with E-state index in [-0.39, 0.29) is 4.90 Å². The minimum Gasteiger partial charge on any atom is -0.211 e. The van der Waals surface area contributed by atoms with Crippen molar-refractivity contribution in [3.63, 3.8) is 0 Å². The Kier molecular flexibility index (Phi) is 10.6. The van der Waals surface area contributed by atoms with Crippen LogP contribution in [0.1, 0.15) is 71.1 Å². The fraction of sp³-hybridized carbons (Fsp3) is 0.667. The van der Waals surface area contributed by atoms with Crippen LogP contribution < -0.4 is 4.72 Å². The molecule has 0 amide bonds. The Balaban J connectivity index is 2.05. The molecule has 0 bridgehead atoms. The highest BCUT2D eigenvalue weighted by Gasteiger charge is 2.12. The minimum absolute atomic E-state index is 0.272. The summed E-state index contributed by atoms with van der Waals surface area (Å²) in [6.45, 7) is 2.74. The maximum Gasteiger partial charge on any atom is 0.240 e. The molecule has 132 valence electrons. The molecule has 0 saturated carbocycles. The summed E-state index contributed by atoms with van der Waals surface area (Å²) in [6.07, 6.45) is 12.4. The van der Waals surface area contributed by atoms with Gasteiger partial charge in [-0.1, -0.05) is 76.3 Å². The summed E-state index contributed by atoms with van der Waals surface area (Å²) in [5, 5.41) is 0.540. The molecule has 1 aromatic carbocycles. The maximum atomic E-state index is 12.0. The van der Waals surface area contributed by atoms with Crippen LogP contribution in [-0.4, -0.2) is 15.0 Å². The van der Waals surface area contributed by atoms with E-state index in [4.69, 9.17) is 11.6 Å². The van der Waals surface area contributed by atoms with Gasteiger partial charge in [-0.25, -0.2) is 13.1 Å². The number of hydrogen-bond acceptors (Lipinski definition) is 2. The highest BCUT2D eigenvalue weighted by atomic mass is 35.5. The van der Waals surface area contributed by atoms with Crippen LogP contribution in [-0.2, 0) is 10.0 Å². The molecule has 0 fully saturated rings. The highest BCUT2D eigenvalue weighted by molar-refractivity contribution is 7.89. The third-order valence-corrected chi connectivity index (χ3v) is 5.68. The average Bonchev–Trinajstić information content (AvgIpc) is 2.53. The van der Waals surface area contributed by atoms with Crippen molar-refractivity contribution in [1.29, 1.82) is 0 Å². The Labute approximate surface area is 146 Å². The number of unbranched alkanes of at least 4 members (excludes halogenated alkanes) is 9. The lowest BCUT2D eigenvalue weighted by Crippen LogP contribution is -2.24. The van der Waals surface area contributed by atoms with Gasteiger partial charge in [0.05, 0.1) is 4.90 Å². The SMILES string of the molecule is CCCCCCCCCCCCNS(=O)(=O)c1ccc(Cl)cc1. The Bertz CT molecular complexity index is 514. The number of hydrogen-bond donors (Lipinski definition) is 1. The second-order valence-corrected chi connectivity index (χ2v) is 8.24. The van der Waals surface area contributed by atoms with Crippen LogP contribution in [0, 0.1) is 0 Å². The number of benzene rings is 1. The first-order chi connectivity index (χ1) is 11.1. The van der Waals surface area contributed by atoms with Crippen molar-refractivity contribution in [3.05, 3.63) is 29.3 Å². The minimum atomic E-state index is -3.40. The van der Waals surface area contributed by atoms with E-state index in [1.807, 2.05) is 0 Å². The lowest BCUT2D eigenvalue weighted by molar-refractivity contribution is 0.549. The largest absolute Gasteiger partial charge is 0.240 e. The van der Waals surface area contributed by atoms with Crippen molar-refractivity contribution in [2.24, 2.45) is 0 Å². The van der Waals surface area contributed by atoms with E-state index >= 15 is 0 Å². The molecule has 3 nitrogen and oxygen atoms in total. The second kappa shape index (κ2) is 11.9. The lowest BCUT2D eigenvalue weighted by Gasteiger charge is -2.07. The normalized spacial score (nSPS) is 11.7. The van der Waals surface area contributed by atoms with Crippen molar-refractivity contribution in [1.82, 2.24) is 4.72 Å². The maximum absolute atomic E-state index is 12.0. The average molecular weight is 360 g/mol. The standard InChI is InChI=1S/C18H30ClNO2S/c1-2-3-4-5-6-7-8-9-10-11-16-20-23(21,22)18-14-12-17(19)13-15-18/h12-15,20H,2-11,16H2,1H3. The van der Waals surface area contributed by atoms with E-state index in [2.05, 4.69) is 11.6 Å². The summed E-state index contributed by atoms with van der Waals surface area (Å²) in [6, 6.07) is 6.25. The summed E-state index contributed by atoms with van der Waals surface area (Å²) in [4.78, 5) is 0.272. The molecule has 0 aliphatic heterocycles. The first kappa shape index (κ1) is 20.5. The van der Waals surface area contributed by atoms with Gasteiger partial charge in [0.2, 0.25) is 10.0 Å². The fourth-order valence-corrected chi connectivity index (χ4v) is 3.72. The summed E-state index contributed by atoms with van der Waals surface area (Å²) in [5.41, 5.74) is 0. The van der Waals surface area contributed by atoms with Gasteiger partial charge in [0.15, 0.2) is 0 Å². The number of sulfonamides is 1. The van der Waals surface area contributed by atoms with Crippen LogP contribution in [0.25, 0.3) is 0 Å². The quantitative estimate of drug-likeness (QED) is 0.470. The first-order valence-corrected chi connectivity index (χ1v) is 10.7. The summed E-state index contributed by atoms with van der Waals surface area (Å²) in [5.74, 6) is 0. The zero-order valence-corrected chi connectivity index (χ0v) is 15.8. The van der Waals surface area contributed by atoms with Crippen LogP contribution in [0.4, 0.5) is 0 Å². The van der Waals surface area contributed by atoms with Crippen molar-refractivity contribution >= 4 is 21.6 Å². The van der Waals surface area contributed by atoms with Crippen LogP contribution in [0.2, 0.25) is 5.02 Å². The van der Waals surface area contributed by atoms with E-state index in [1.54, 1.807) is 12.1 Å².